The smallest absolute Gasteiger partial charge is 0.325 e. The average Bonchev–Trinajstić information content (AvgIpc) is 2.52. The summed E-state index contributed by atoms with van der Waals surface area (Å²) in [5.41, 5.74) is 2.73. The van der Waals surface area contributed by atoms with Gasteiger partial charge in [-0.2, -0.15) is 0 Å². The summed E-state index contributed by atoms with van der Waals surface area (Å²) in [5, 5.41) is 5.04. The zero-order valence-corrected chi connectivity index (χ0v) is 14.4. The van der Waals surface area contributed by atoms with Crippen LogP contribution >= 0.6 is 0 Å². The molecule has 0 bridgehead atoms. The first-order chi connectivity index (χ1) is 11.4. The molecular formula is C17H24N4O3. The molecule has 1 aliphatic rings. The van der Waals surface area contributed by atoms with E-state index in [2.05, 4.69) is 10.6 Å². The van der Waals surface area contributed by atoms with Gasteiger partial charge in [0.05, 0.1) is 6.54 Å². The van der Waals surface area contributed by atoms with Gasteiger partial charge in [-0.05, 0) is 31.0 Å². The second-order valence-corrected chi connectivity index (χ2v) is 6.03. The second-order valence-electron chi connectivity index (χ2n) is 6.03. The fourth-order valence-corrected chi connectivity index (χ4v) is 2.63. The summed E-state index contributed by atoms with van der Waals surface area (Å²) in [6, 6.07) is 5.09. The number of nitrogens with zero attached hydrogens (tertiary/aromatic N) is 2. The lowest BCUT2D eigenvalue weighted by atomic mass is 10.1. The van der Waals surface area contributed by atoms with Crippen molar-refractivity contribution < 1.29 is 14.4 Å². The molecule has 1 aliphatic heterocycles. The van der Waals surface area contributed by atoms with Crippen molar-refractivity contribution in [2.24, 2.45) is 0 Å². The van der Waals surface area contributed by atoms with Crippen molar-refractivity contribution in [3.63, 3.8) is 0 Å². The molecule has 2 N–H and O–H groups in total. The molecule has 0 aliphatic carbocycles. The van der Waals surface area contributed by atoms with Crippen molar-refractivity contribution >= 4 is 23.5 Å². The lowest BCUT2D eigenvalue weighted by molar-refractivity contribution is -0.130. The second kappa shape index (κ2) is 7.92. The van der Waals surface area contributed by atoms with E-state index in [1.165, 1.54) is 0 Å². The average molecular weight is 332 g/mol. The van der Waals surface area contributed by atoms with Crippen molar-refractivity contribution in [3.8, 4) is 0 Å². The Balaban J connectivity index is 1.79. The summed E-state index contributed by atoms with van der Waals surface area (Å²) in [6.45, 7) is 8.04. The van der Waals surface area contributed by atoms with Crippen LogP contribution in [0, 0.1) is 13.8 Å². The van der Waals surface area contributed by atoms with Crippen LogP contribution in [0.2, 0.25) is 0 Å². The van der Waals surface area contributed by atoms with E-state index in [0.717, 1.165) is 11.1 Å². The molecule has 0 saturated carbocycles. The monoisotopic (exact) mass is 332 g/mol. The number of benzene rings is 1. The molecule has 7 heteroatoms. The van der Waals surface area contributed by atoms with Crippen molar-refractivity contribution in [2.45, 2.75) is 20.8 Å². The van der Waals surface area contributed by atoms with Gasteiger partial charge in [-0.1, -0.05) is 12.1 Å². The highest BCUT2D eigenvalue weighted by molar-refractivity contribution is 6.02. The standard InChI is InChI=1S/C17H24N4O3/c1-12-5-4-6-15(13(12)2)18-17(24)19-16(23)11-20-7-9-21(10-8-20)14(3)22/h4-6H,7-11H2,1-3H3,(H2,18,19,23,24). The molecule has 1 fully saturated rings. The Bertz CT molecular complexity index is 637. The molecule has 130 valence electrons. The maximum Gasteiger partial charge on any atom is 0.325 e. The van der Waals surface area contributed by atoms with Crippen LogP contribution in [0.25, 0.3) is 0 Å². The van der Waals surface area contributed by atoms with Gasteiger partial charge in [-0.3, -0.25) is 19.8 Å². The molecule has 0 radical (unpaired) electrons. The number of nitrogens with one attached hydrogen (secondary N) is 2. The van der Waals surface area contributed by atoms with Crippen LogP contribution in [0.15, 0.2) is 18.2 Å². The summed E-state index contributed by atoms with van der Waals surface area (Å²) in [5.74, 6) is -0.305. The minimum atomic E-state index is -0.531. The Morgan fingerprint density at radius 1 is 1.08 bits per heavy atom. The van der Waals surface area contributed by atoms with Gasteiger partial charge in [0.1, 0.15) is 0 Å². The minimum Gasteiger partial charge on any atom is -0.340 e. The molecule has 0 aromatic heterocycles. The van der Waals surface area contributed by atoms with Gasteiger partial charge in [-0.25, -0.2) is 4.79 Å². The predicted molar refractivity (Wildman–Crippen MR) is 91.8 cm³/mol. The van der Waals surface area contributed by atoms with Gasteiger partial charge >= 0.3 is 6.03 Å². The van der Waals surface area contributed by atoms with E-state index in [1.807, 2.05) is 30.9 Å². The van der Waals surface area contributed by atoms with Gasteiger partial charge in [-0.15, -0.1) is 0 Å². The van der Waals surface area contributed by atoms with Crippen molar-refractivity contribution in [3.05, 3.63) is 29.3 Å². The van der Waals surface area contributed by atoms with E-state index in [9.17, 15) is 14.4 Å². The number of hydrogen-bond donors (Lipinski definition) is 2. The zero-order valence-electron chi connectivity index (χ0n) is 14.4. The first-order valence-electron chi connectivity index (χ1n) is 8.01. The van der Waals surface area contributed by atoms with E-state index in [4.69, 9.17) is 0 Å². The topological polar surface area (TPSA) is 81.8 Å². The number of anilines is 1. The number of imide groups is 1. The van der Waals surface area contributed by atoms with E-state index >= 15 is 0 Å². The van der Waals surface area contributed by atoms with E-state index in [1.54, 1.807) is 17.9 Å². The Morgan fingerprint density at radius 2 is 1.75 bits per heavy atom. The van der Waals surface area contributed by atoms with Crippen LogP contribution in [0.5, 0.6) is 0 Å². The molecule has 1 heterocycles. The fourth-order valence-electron chi connectivity index (χ4n) is 2.63. The number of urea groups is 1. The number of carbonyl (C=O) groups is 3. The molecular weight excluding hydrogens is 308 g/mol. The van der Waals surface area contributed by atoms with Crippen LogP contribution in [0.4, 0.5) is 10.5 Å². The maximum absolute atomic E-state index is 12.0. The lowest BCUT2D eigenvalue weighted by Crippen LogP contribution is -2.51. The Kier molecular flexibility index (Phi) is 5.92. The van der Waals surface area contributed by atoms with Gasteiger partial charge in [0.15, 0.2) is 0 Å². The third kappa shape index (κ3) is 4.79. The summed E-state index contributed by atoms with van der Waals surface area (Å²) in [4.78, 5) is 38.9. The Morgan fingerprint density at radius 3 is 2.38 bits per heavy atom. The molecule has 0 spiro atoms. The molecule has 1 aromatic carbocycles. The van der Waals surface area contributed by atoms with Crippen LogP contribution in [0.3, 0.4) is 0 Å². The highest BCUT2D eigenvalue weighted by Crippen LogP contribution is 2.17. The maximum atomic E-state index is 12.0. The van der Waals surface area contributed by atoms with E-state index in [-0.39, 0.29) is 18.4 Å². The number of piperazine rings is 1. The highest BCUT2D eigenvalue weighted by Gasteiger charge is 2.21. The Labute approximate surface area is 142 Å². The molecule has 4 amide bonds. The molecule has 0 atom stereocenters. The first kappa shape index (κ1) is 17.9. The predicted octanol–water partition coefficient (Wildman–Crippen LogP) is 1.12. The number of hydrogen-bond acceptors (Lipinski definition) is 4. The molecule has 24 heavy (non-hydrogen) atoms. The highest BCUT2D eigenvalue weighted by atomic mass is 16.2. The third-order valence-corrected chi connectivity index (χ3v) is 4.29. The number of aryl methyl sites for hydroxylation is 1. The van der Waals surface area contributed by atoms with Gasteiger partial charge in [0.25, 0.3) is 0 Å². The first-order valence-corrected chi connectivity index (χ1v) is 8.01. The summed E-state index contributed by atoms with van der Waals surface area (Å²) in [6.07, 6.45) is 0. The van der Waals surface area contributed by atoms with Crippen LogP contribution in [-0.4, -0.2) is 60.4 Å². The Hall–Kier alpha value is -2.41. The molecule has 2 rings (SSSR count). The molecule has 7 nitrogen and oxygen atoms in total. The lowest BCUT2D eigenvalue weighted by Gasteiger charge is -2.33. The van der Waals surface area contributed by atoms with Gasteiger partial charge in [0.2, 0.25) is 11.8 Å². The largest absolute Gasteiger partial charge is 0.340 e. The number of carbonyl (C=O) groups excluding carboxylic acids is 3. The van der Waals surface area contributed by atoms with E-state index < -0.39 is 6.03 Å². The van der Waals surface area contributed by atoms with Crippen molar-refractivity contribution in [2.75, 3.05) is 38.0 Å². The van der Waals surface area contributed by atoms with Crippen LogP contribution in [0.1, 0.15) is 18.1 Å². The molecule has 0 unspecified atom stereocenters. The fraction of sp³-hybridized carbons (Fsp3) is 0.471. The third-order valence-electron chi connectivity index (χ3n) is 4.29. The minimum absolute atomic E-state index is 0.0482. The molecule has 1 saturated heterocycles. The van der Waals surface area contributed by atoms with Crippen LogP contribution < -0.4 is 10.6 Å². The number of rotatable bonds is 3. The SMILES string of the molecule is CC(=O)N1CCN(CC(=O)NC(=O)Nc2cccc(C)c2C)CC1. The quantitative estimate of drug-likeness (QED) is 0.869. The van der Waals surface area contributed by atoms with Gasteiger partial charge < -0.3 is 10.2 Å². The van der Waals surface area contributed by atoms with Gasteiger partial charge in [0, 0.05) is 38.8 Å². The normalized spacial score (nSPS) is 15.0. The van der Waals surface area contributed by atoms with Crippen LogP contribution in [-0.2, 0) is 9.59 Å². The van der Waals surface area contributed by atoms with Crippen molar-refractivity contribution in [1.29, 1.82) is 0 Å². The zero-order chi connectivity index (χ0) is 17.7. The molecule has 1 aromatic rings. The summed E-state index contributed by atoms with van der Waals surface area (Å²) in [7, 11) is 0. The number of amides is 4. The summed E-state index contributed by atoms with van der Waals surface area (Å²) < 4.78 is 0. The summed E-state index contributed by atoms with van der Waals surface area (Å²) >= 11 is 0. The van der Waals surface area contributed by atoms with Crippen molar-refractivity contribution in [1.82, 2.24) is 15.1 Å². The van der Waals surface area contributed by atoms with E-state index in [0.29, 0.717) is 31.9 Å².